The van der Waals surface area contributed by atoms with Gasteiger partial charge in [0.05, 0.1) is 6.33 Å². The van der Waals surface area contributed by atoms with Crippen LogP contribution in [0.3, 0.4) is 0 Å². The molecule has 6 heteroatoms. The summed E-state index contributed by atoms with van der Waals surface area (Å²) in [4.78, 5) is 15.8. The standard InChI is InChI=1S/C15H27N3O2S/c1-14(2,3)20-13(19)17-8-7-12-9-16-11-18(12)10-15(4,5)21-6/h9,11H,7-8,10H2,1-6H3,(H,17,19). The Balaban J connectivity index is 2.47. The van der Waals surface area contributed by atoms with Crippen molar-refractivity contribution < 1.29 is 9.53 Å². The number of carbonyl (C=O) groups is 1. The minimum atomic E-state index is -0.464. The molecule has 5 nitrogen and oxygen atoms in total. The Morgan fingerprint density at radius 3 is 2.62 bits per heavy atom. The Morgan fingerprint density at radius 2 is 2.05 bits per heavy atom. The number of ether oxygens (including phenoxy) is 1. The Bertz CT molecular complexity index is 464. The molecule has 0 aliphatic rings. The zero-order chi connectivity index (χ0) is 16.1. The summed E-state index contributed by atoms with van der Waals surface area (Å²) in [6.07, 6.45) is 6.18. The first-order chi connectivity index (χ1) is 9.63. The third kappa shape index (κ3) is 6.89. The van der Waals surface area contributed by atoms with Gasteiger partial charge in [0.2, 0.25) is 0 Å². The molecule has 0 saturated heterocycles. The van der Waals surface area contributed by atoms with Crippen LogP contribution < -0.4 is 5.32 Å². The summed E-state index contributed by atoms with van der Waals surface area (Å²) in [6, 6.07) is 0. The summed E-state index contributed by atoms with van der Waals surface area (Å²) in [5, 5.41) is 2.77. The van der Waals surface area contributed by atoms with Crippen LogP contribution in [0.15, 0.2) is 12.5 Å². The van der Waals surface area contributed by atoms with E-state index in [1.807, 2.05) is 45.1 Å². The Labute approximate surface area is 131 Å². The predicted molar refractivity (Wildman–Crippen MR) is 87.8 cm³/mol. The number of nitrogens with one attached hydrogen (secondary N) is 1. The van der Waals surface area contributed by atoms with Crippen LogP contribution in [0.5, 0.6) is 0 Å². The molecule has 0 aliphatic carbocycles. The molecule has 0 spiro atoms. The fraction of sp³-hybridized carbons (Fsp3) is 0.733. The summed E-state index contributed by atoms with van der Waals surface area (Å²) in [6.45, 7) is 11.4. The van der Waals surface area contributed by atoms with Gasteiger partial charge in [-0.05, 0) is 40.9 Å². The lowest BCUT2D eigenvalue weighted by Gasteiger charge is -2.23. The highest BCUT2D eigenvalue weighted by Gasteiger charge is 2.18. The van der Waals surface area contributed by atoms with Gasteiger partial charge in [-0.3, -0.25) is 0 Å². The molecule has 1 rings (SSSR count). The summed E-state index contributed by atoms with van der Waals surface area (Å²) < 4.78 is 7.52. The van der Waals surface area contributed by atoms with E-state index in [4.69, 9.17) is 4.74 Å². The van der Waals surface area contributed by atoms with Crippen LogP contribution in [0, 0.1) is 0 Å². The first-order valence-electron chi connectivity index (χ1n) is 7.14. The summed E-state index contributed by atoms with van der Waals surface area (Å²) in [5.74, 6) is 0. The number of amides is 1. The SMILES string of the molecule is CSC(C)(C)Cn1cncc1CCNC(=O)OC(C)(C)C. The minimum absolute atomic E-state index is 0.161. The second-order valence-electron chi connectivity index (χ2n) is 6.66. The van der Waals surface area contributed by atoms with Crippen molar-refractivity contribution in [3.05, 3.63) is 18.2 Å². The minimum Gasteiger partial charge on any atom is -0.444 e. The maximum Gasteiger partial charge on any atom is 0.407 e. The quantitative estimate of drug-likeness (QED) is 0.877. The number of hydrogen-bond acceptors (Lipinski definition) is 4. The second kappa shape index (κ2) is 7.20. The maximum absolute atomic E-state index is 11.6. The molecule has 1 aromatic heterocycles. The van der Waals surface area contributed by atoms with Crippen molar-refractivity contribution in [1.29, 1.82) is 0 Å². The molecule has 0 aromatic carbocycles. The highest BCUT2D eigenvalue weighted by Crippen LogP contribution is 2.23. The van der Waals surface area contributed by atoms with Gasteiger partial charge in [0.15, 0.2) is 0 Å². The first kappa shape index (κ1) is 17.9. The fourth-order valence-corrected chi connectivity index (χ4v) is 2.05. The van der Waals surface area contributed by atoms with Gasteiger partial charge in [-0.15, -0.1) is 0 Å². The summed E-state index contributed by atoms with van der Waals surface area (Å²) in [5.41, 5.74) is 0.655. The van der Waals surface area contributed by atoms with Crippen molar-refractivity contribution in [3.8, 4) is 0 Å². The number of nitrogens with zero attached hydrogens (tertiary/aromatic N) is 2. The number of rotatable bonds is 6. The van der Waals surface area contributed by atoms with Gasteiger partial charge in [0.25, 0.3) is 0 Å². The number of imidazole rings is 1. The highest BCUT2D eigenvalue weighted by molar-refractivity contribution is 7.99. The van der Waals surface area contributed by atoms with Crippen molar-refractivity contribution in [2.75, 3.05) is 12.8 Å². The van der Waals surface area contributed by atoms with Crippen LogP contribution in [0.25, 0.3) is 0 Å². The van der Waals surface area contributed by atoms with Gasteiger partial charge in [0.1, 0.15) is 5.60 Å². The molecule has 1 amide bonds. The highest BCUT2D eigenvalue weighted by atomic mass is 32.2. The maximum atomic E-state index is 11.6. The van der Waals surface area contributed by atoms with E-state index in [-0.39, 0.29) is 10.8 Å². The topological polar surface area (TPSA) is 56.2 Å². The lowest BCUT2D eigenvalue weighted by molar-refractivity contribution is 0.0528. The van der Waals surface area contributed by atoms with Crippen molar-refractivity contribution in [3.63, 3.8) is 0 Å². The molecule has 0 saturated carbocycles. The third-order valence-corrected chi connectivity index (χ3v) is 4.19. The molecule has 1 aromatic rings. The smallest absolute Gasteiger partial charge is 0.407 e. The number of carbonyl (C=O) groups excluding carboxylic acids is 1. The van der Waals surface area contributed by atoms with Crippen LogP contribution in [0.4, 0.5) is 4.79 Å². The van der Waals surface area contributed by atoms with E-state index in [2.05, 4.69) is 35.0 Å². The van der Waals surface area contributed by atoms with Gasteiger partial charge >= 0.3 is 6.09 Å². The van der Waals surface area contributed by atoms with Crippen LogP contribution in [0.2, 0.25) is 0 Å². The van der Waals surface area contributed by atoms with Gasteiger partial charge < -0.3 is 14.6 Å². The van der Waals surface area contributed by atoms with E-state index in [0.29, 0.717) is 6.54 Å². The third-order valence-electron chi connectivity index (χ3n) is 2.95. The summed E-state index contributed by atoms with van der Waals surface area (Å²) >= 11 is 1.83. The molecule has 0 atom stereocenters. The average molecular weight is 313 g/mol. The van der Waals surface area contributed by atoms with E-state index in [0.717, 1.165) is 18.7 Å². The number of aromatic nitrogens is 2. The van der Waals surface area contributed by atoms with Crippen LogP contribution >= 0.6 is 11.8 Å². The molecule has 0 radical (unpaired) electrons. The first-order valence-corrected chi connectivity index (χ1v) is 8.36. The lowest BCUT2D eigenvalue weighted by atomic mass is 10.2. The average Bonchev–Trinajstić information content (AvgIpc) is 2.74. The Morgan fingerprint density at radius 1 is 1.38 bits per heavy atom. The normalized spacial score (nSPS) is 12.3. The van der Waals surface area contributed by atoms with E-state index >= 15 is 0 Å². The molecule has 0 bridgehead atoms. The zero-order valence-electron chi connectivity index (χ0n) is 13.9. The number of hydrogen-bond donors (Lipinski definition) is 1. The largest absolute Gasteiger partial charge is 0.444 e. The fourth-order valence-electron chi connectivity index (χ4n) is 1.78. The molecule has 0 unspecified atom stereocenters. The van der Waals surface area contributed by atoms with E-state index in [1.54, 1.807) is 0 Å². The molecule has 1 N–H and O–H groups in total. The molecule has 0 fully saturated rings. The Kier molecular flexibility index (Phi) is 6.13. The van der Waals surface area contributed by atoms with Gasteiger partial charge in [-0.2, -0.15) is 11.8 Å². The molecular weight excluding hydrogens is 286 g/mol. The van der Waals surface area contributed by atoms with Gasteiger partial charge in [-0.1, -0.05) is 0 Å². The molecular formula is C15H27N3O2S. The Hall–Kier alpha value is -1.17. The van der Waals surface area contributed by atoms with Gasteiger partial charge in [0, 0.05) is 36.1 Å². The van der Waals surface area contributed by atoms with Gasteiger partial charge in [-0.25, -0.2) is 9.78 Å². The second-order valence-corrected chi connectivity index (χ2v) is 8.17. The number of alkyl carbamates (subject to hydrolysis) is 1. The van der Waals surface area contributed by atoms with Crippen LogP contribution in [0.1, 0.15) is 40.3 Å². The van der Waals surface area contributed by atoms with Crippen LogP contribution in [-0.2, 0) is 17.7 Å². The molecule has 21 heavy (non-hydrogen) atoms. The van der Waals surface area contributed by atoms with Crippen molar-refractivity contribution in [1.82, 2.24) is 14.9 Å². The predicted octanol–water partition coefficient (Wildman–Crippen LogP) is 3.09. The van der Waals surface area contributed by atoms with Crippen molar-refractivity contribution in [2.45, 2.75) is 57.9 Å². The van der Waals surface area contributed by atoms with Crippen molar-refractivity contribution >= 4 is 17.9 Å². The zero-order valence-corrected chi connectivity index (χ0v) is 14.7. The van der Waals surface area contributed by atoms with E-state index < -0.39 is 5.60 Å². The molecule has 0 aliphatic heterocycles. The van der Waals surface area contributed by atoms with E-state index in [9.17, 15) is 4.79 Å². The van der Waals surface area contributed by atoms with Crippen LogP contribution in [-0.4, -0.2) is 38.8 Å². The van der Waals surface area contributed by atoms with E-state index in [1.165, 1.54) is 0 Å². The monoisotopic (exact) mass is 313 g/mol. The molecule has 120 valence electrons. The molecule has 1 heterocycles. The van der Waals surface area contributed by atoms with Crippen molar-refractivity contribution in [2.24, 2.45) is 0 Å². The number of thioether (sulfide) groups is 1. The summed E-state index contributed by atoms with van der Waals surface area (Å²) in [7, 11) is 0. The lowest BCUT2D eigenvalue weighted by Crippen LogP contribution is -2.34.